The molecule has 0 radical (unpaired) electrons. The second-order valence-corrected chi connectivity index (χ2v) is 4.91. The molecule has 23 heavy (non-hydrogen) atoms. The van der Waals surface area contributed by atoms with Crippen LogP contribution in [0.25, 0.3) is 11.0 Å². The summed E-state index contributed by atoms with van der Waals surface area (Å²) in [6.07, 6.45) is 0. The van der Waals surface area contributed by atoms with Crippen LogP contribution in [0.15, 0.2) is 16.9 Å². The highest BCUT2D eigenvalue weighted by atomic mass is 16.6. The number of hydrogen-bond donors (Lipinski definition) is 1. The highest BCUT2D eigenvalue weighted by molar-refractivity contribution is 5.82. The van der Waals surface area contributed by atoms with Crippen molar-refractivity contribution in [3.8, 4) is 5.75 Å². The molecule has 2 N–H and O–H groups in total. The van der Waals surface area contributed by atoms with Crippen molar-refractivity contribution in [1.82, 2.24) is 9.13 Å². The molecule has 10 nitrogen and oxygen atoms in total. The quantitative estimate of drug-likeness (QED) is 0.452. The SMILES string of the molecule is COC(=O)[C@@H](N)COc1cc2c(cc1[N+](=O)[O-])n(C)c(=O)n2C. The van der Waals surface area contributed by atoms with Gasteiger partial charge in [0, 0.05) is 26.2 Å². The molecule has 124 valence electrons. The van der Waals surface area contributed by atoms with Crippen LogP contribution in [0.5, 0.6) is 5.75 Å². The van der Waals surface area contributed by atoms with Crippen LogP contribution in [-0.4, -0.2) is 39.8 Å². The van der Waals surface area contributed by atoms with Crippen LogP contribution in [0.3, 0.4) is 0 Å². The minimum atomic E-state index is -1.07. The summed E-state index contributed by atoms with van der Waals surface area (Å²) >= 11 is 0. The van der Waals surface area contributed by atoms with Gasteiger partial charge in [-0.25, -0.2) is 4.79 Å². The summed E-state index contributed by atoms with van der Waals surface area (Å²) in [5, 5.41) is 11.2. The summed E-state index contributed by atoms with van der Waals surface area (Å²) < 4.78 is 12.4. The van der Waals surface area contributed by atoms with E-state index < -0.39 is 16.9 Å². The Morgan fingerprint density at radius 3 is 2.43 bits per heavy atom. The molecule has 0 aliphatic rings. The molecule has 0 aliphatic carbocycles. The van der Waals surface area contributed by atoms with Gasteiger partial charge in [-0.15, -0.1) is 0 Å². The van der Waals surface area contributed by atoms with Crippen molar-refractivity contribution in [3.63, 3.8) is 0 Å². The molecule has 1 aromatic heterocycles. The lowest BCUT2D eigenvalue weighted by Crippen LogP contribution is -2.37. The van der Waals surface area contributed by atoms with Crippen molar-refractivity contribution >= 4 is 22.7 Å². The second-order valence-electron chi connectivity index (χ2n) is 4.91. The van der Waals surface area contributed by atoms with Crippen LogP contribution in [0.1, 0.15) is 0 Å². The zero-order valence-electron chi connectivity index (χ0n) is 12.8. The van der Waals surface area contributed by atoms with Gasteiger partial charge in [-0.3, -0.25) is 24.0 Å². The summed E-state index contributed by atoms with van der Waals surface area (Å²) in [7, 11) is 4.24. The average Bonchev–Trinajstić information content (AvgIpc) is 2.75. The highest BCUT2D eigenvalue weighted by Crippen LogP contribution is 2.31. The molecule has 0 saturated heterocycles. The fourth-order valence-corrected chi connectivity index (χ4v) is 2.17. The lowest BCUT2D eigenvalue weighted by Gasteiger charge is -2.11. The molecule has 0 unspecified atom stereocenters. The molecular weight excluding hydrogens is 308 g/mol. The molecule has 0 spiro atoms. The van der Waals surface area contributed by atoms with Crippen LogP contribution < -0.4 is 16.2 Å². The Balaban J connectivity index is 2.47. The summed E-state index contributed by atoms with van der Waals surface area (Å²) in [5.74, 6) is -0.774. The number of aryl methyl sites for hydroxylation is 2. The predicted molar refractivity (Wildman–Crippen MR) is 80.3 cm³/mol. The average molecular weight is 324 g/mol. The van der Waals surface area contributed by atoms with Gasteiger partial charge in [-0.1, -0.05) is 0 Å². The number of nitro groups is 1. The Bertz CT molecular complexity index is 837. The normalized spacial score (nSPS) is 12.2. The first-order valence-electron chi connectivity index (χ1n) is 6.58. The Kier molecular flexibility index (Phi) is 4.36. The van der Waals surface area contributed by atoms with Crippen molar-refractivity contribution < 1.29 is 19.2 Å². The first-order valence-corrected chi connectivity index (χ1v) is 6.58. The topological polar surface area (TPSA) is 132 Å². The van der Waals surface area contributed by atoms with E-state index in [-0.39, 0.29) is 23.7 Å². The fraction of sp³-hybridized carbons (Fsp3) is 0.385. The van der Waals surface area contributed by atoms with Crippen molar-refractivity contribution in [2.75, 3.05) is 13.7 Å². The van der Waals surface area contributed by atoms with Gasteiger partial charge >= 0.3 is 17.3 Å². The number of nitrogens with zero attached hydrogens (tertiary/aromatic N) is 3. The minimum absolute atomic E-state index is 0.0805. The van der Waals surface area contributed by atoms with Gasteiger partial charge in [-0.05, 0) is 0 Å². The van der Waals surface area contributed by atoms with E-state index in [1.807, 2.05) is 0 Å². The van der Waals surface area contributed by atoms with Crippen LogP contribution in [0.4, 0.5) is 5.69 Å². The summed E-state index contributed by atoms with van der Waals surface area (Å²) in [4.78, 5) is 33.7. The van der Waals surface area contributed by atoms with E-state index in [1.165, 1.54) is 35.4 Å². The number of nitrogens with two attached hydrogens (primary N) is 1. The molecule has 2 rings (SSSR count). The van der Waals surface area contributed by atoms with Gasteiger partial charge in [0.25, 0.3) is 0 Å². The molecule has 0 bridgehead atoms. The van der Waals surface area contributed by atoms with Gasteiger partial charge < -0.3 is 15.2 Å². The molecule has 2 aromatic rings. The number of benzene rings is 1. The van der Waals surface area contributed by atoms with E-state index in [9.17, 15) is 19.7 Å². The van der Waals surface area contributed by atoms with Crippen LogP contribution in [-0.2, 0) is 23.6 Å². The molecule has 0 saturated carbocycles. The number of ether oxygens (including phenoxy) is 2. The Morgan fingerprint density at radius 2 is 1.91 bits per heavy atom. The first kappa shape index (κ1) is 16.5. The molecule has 1 aromatic carbocycles. The van der Waals surface area contributed by atoms with Crippen molar-refractivity contribution in [3.05, 3.63) is 32.7 Å². The zero-order chi connectivity index (χ0) is 17.3. The smallest absolute Gasteiger partial charge is 0.328 e. The third-order valence-corrected chi connectivity index (χ3v) is 3.47. The lowest BCUT2D eigenvalue weighted by molar-refractivity contribution is -0.385. The Labute approximate surface area is 130 Å². The number of carbonyl (C=O) groups is 1. The maximum atomic E-state index is 11.9. The summed E-state index contributed by atoms with van der Waals surface area (Å²) in [5.41, 5.74) is 5.76. The van der Waals surface area contributed by atoms with Crippen LogP contribution in [0, 0.1) is 10.1 Å². The number of esters is 1. The molecule has 1 heterocycles. The first-order chi connectivity index (χ1) is 10.8. The van der Waals surface area contributed by atoms with E-state index in [4.69, 9.17) is 10.5 Å². The number of aromatic nitrogens is 2. The molecule has 10 heteroatoms. The van der Waals surface area contributed by atoms with Gasteiger partial charge in [0.2, 0.25) is 0 Å². The number of imidazole rings is 1. The molecule has 0 amide bonds. The monoisotopic (exact) mass is 324 g/mol. The van der Waals surface area contributed by atoms with Gasteiger partial charge in [-0.2, -0.15) is 0 Å². The van der Waals surface area contributed by atoms with Crippen molar-refractivity contribution in [2.45, 2.75) is 6.04 Å². The second kappa shape index (κ2) is 6.08. The Hall–Kier alpha value is -2.88. The molecule has 1 atom stereocenters. The predicted octanol–water partition coefficient (Wildman–Crippen LogP) is -0.336. The number of fused-ring (bicyclic) bond motifs is 1. The molecule has 0 fully saturated rings. The van der Waals surface area contributed by atoms with E-state index in [0.717, 1.165) is 0 Å². The largest absolute Gasteiger partial charge is 0.484 e. The van der Waals surface area contributed by atoms with Gasteiger partial charge in [0.05, 0.1) is 23.1 Å². The standard InChI is InChI=1S/C13H16N4O6/c1-15-8-4-10(17(20)21)11(5-9(8)16(2)13(15)19)23-6-7(14)12(18)22-3/h4-5,7H,6,14H2,1-3H3/t7-/m0/s1. The number of nitro benzene ring substituents is 1. The third kappa shape index (κ3) is 2.88. The molecule has 0 aliphatic heterocycles. The number of rotatable bonds is 5. The maximum Gasteiger partial charge on any atom is 0.328 e. The Morgan fingerprint density at radius 1 is 1.35 bits per heavy atom. The minimum Gasteiger partial charge on any atom is -0.484 e. The van der Waals surface area contributed by atoms with Gasteiger partial charge in [0.15, 0.2) is 5.75 Å². The van der Waals surface area contributed by atoms with Crippen LogP contribution in [0.2, 0.25) is 0 Å². The third-order valence-electron chi connectivity index (χ3n) is 3.47. The maximum absolute atomic E-state index is 11.9. The number of carbonyl (C=O) groups excluding carboxylic acids is 1. The van der Waals surface area contributed by atoms with E-state index >= 15 is 0 Å². The van der Waals surface area contributed by atoms with Crippen molar-refractivity contribution in [1.29, 1.82) is 0 Å². The van der Waals surface area contributed by atoms with Gasteiger partial charge in [0.1, 0.15) is 12.6 Å². The fourth-order valence-electron chi connectivity index (χ4n) is 2.17. The zero-order valence-corrected chi connectivity index (χ0v) is 12.8. The van der Waals surface area contributed by atoms with Crippen molar-refractivity contribution in [2.24, 2.45) is 19.8 Å². The lowest BCUT2D eigenvalue weighted by atomic mass is 10.2. The number of methoxy groups -OCH3 is 1. The highest BCUT2D eigenvalue weighted by Gasteiger charge is 2.22. The van der Waals surface area contributed by atoms with E-state index in [1.54, 1.807) is 7.05 Å². The van der Waals surface area contributed by atoms with E-state index in [2.05, 4.69) is 4.74 Å². The number of hydrogen-bond acceptors (Lipinski definition) is 7. The van der Waals surface area contributed by atoms with Crippen LogP contribution >= 0.6 is 0 Å². The van der Waals surface area contributed by atoms with E-state index in [0.29, 0.717) is 11.0 Å². The molecular formula is C13H16N4O6. The summed E-state index contributed by atoms with van der Waals surface area (Å²) in [6.45, 7) is -0.292. The summed E-state index contributed by atoms with van der Waals surface area (Å²) in [6, 6.07) is 1.55.